The number of benzene rings is 2. The number of nitrogens with zero attached hydrogens (tertiary/aromatic N) is 3. The van der Waals surface area contributed by atoms with E-state index < -0.39 is 6.10 Å². The van der Waals surface area contributed by atoms with Gasteiger partial charge in [-0.25, -0.2) is 4.98 Å². The van der Waals surface area contributed by atoms with Crippen LogP contribution in [0, 0.1) is 12.8 Å². The van der Waals surface area contributed by atoms with E-state index in [-0.39, 0.29) is 11.8 Å². The standard InChI is InChI=1S/C26H31N5O2/c1-18-8-10-20(11-9-18)16-28-25(33)22-6-4-14-31(17-22)24-12-13-27-26(30-24)29-23-7-3-5-21(15-23)19(2)32/h3,5,7-13,15,19,22,32H,4,6,14,16-17H2,1-2H3,(H,28,33)(H,27,29,30)/t19?,22-/m0/s1. The molecule has 1 aliphatic heterocycles. The molecule has 0 bridgehead atoms. The molecule has 1 fully saturated rings. The molecule has 1 aliphatic rings. The summed E-state index contributed by atoms with van der Waals surface area (Å²) in [6, 6.07) is 17.7. The SMILES string of the molecule is Cc1ccc(CNC(=O)[C@H]2CCCN(c3ccnc(Nc4cccc(C(C)O)c4)n3)C2)cc1. The van der Waals surface area contributed by atoms with E-state index in [1.54, 1.807) is 13.1 Å². The van der Waals surface area contributed by atoms with Gasteiger partial charge in [0.2, 0.25) is 11.9 Å². The normalized spacial score (nSPS) is 16.8. The lowest BCUT2D eigenvalue weighted by atomic mass is 9.97. The van der Waals surface area contributed by atoms with E-state index in [9.17, 15) is 9.90 Å². The molecular weight excluding hydrogens is 414 g/mol. The van der Waals surface area contributed by atoms with Crippen molar-refractivity contribution in [2.75, 3.05) is 23.3 Å². The van der Waals surface area contributed by atoms with Crippen molar-refractivity contribution >= 4 is 23.4 Å². The van der Waals surface area contributed by atoms with Crippen LogP contribution in [0.5, 0.6) is 0 Å². The predicted molar refractivity (Wildman–Crippen MR) is 130 cm³/mol. The quantitative estimate of drug-likeness (QED) is 0.507. The highest BCUT2D eigenvalue weighted by Gasteiger charge is 2.26. The number of anilines is 3. The summed E-state index contributed by atoms with van der Waals surface area (Å²) in [5.41, 5.74) is 3.96. The summed E-state index contributed by atoms with van der Waals surface area (Å²) in [6.45, 7) is 5.83. The molecule has 2 heterocycles. The molecule has 7 nitrogen and oxygen atoms in total. The van der Waals surface area contributed by atoms with E-state index in [1.807, 2.05) is 30.3 Å². The Morgan fingerprint density at radius 3 is 2.82 bits per heavy atom. The molecule has 172 valence electrons. The van der Waals surface area contributed by atoms with Crippen LogP contribution in [0.3, 0.4) is 0 Å². The van der Waals surface area contributed by atoms with Gasteiger partial charge in [0.05, 0.1) is 12.0 Å². The lowest BCUT2D eigenvalue weighted by molar-refractivity contribution is -0.125. The number of rotatable bonds is 7. The fraction of sp³-hybridized carbons (Fsp3) is 0.346. The number of hydrogen-bond acceptors (Lipinski definition) is 6. The zero-order chi connectivity index (χ0) is 23.2. The van der Waals surface area contributed by atoms with Crippen LogP contribution in [0.2, 0.25) is 0 Å². The van der Waals surface area contributed by atoms with E-state index in [1.165, 1.54) is 5.56 Å². The van der Waals surface area contributed by atoms with Crippen LogP contribution >= 0.6 is 0 Å². The maximum absolute atomic E-state index is 12.8. The van der Waals surface area contributed by atoms with Crippen LogP contribution in [0.25, 0.3) is 0 Å². The Morgan fingerprint density at radius 1 is 1.21 bits per heavy atom. The van der Waals surface area contributed by atoms with Gasteiger partial charge in [0.25, 0.3) is 0 Å². The Hall–Kier alpha value is -3.45. The molecule has 3 N–H and O–H groups in total. The van der Waals surface area contributed by atoms with Crippen LogP contribution in [0.4, 0.5) is 17.5 Å². The number of piperidine rings is 1. The van der Waals surface area contributed by atoms with Crippen LogP contribution in [0.1, 0.15) is 42.6 Å². The van der Waals surface area contributed by atoms with Crippen molar-refractivity contribution in [2.24, 2.45) is 5.92 Å². The Balaban J connectivity index is 1.38. The third-order valence-corrected chi connectivity index (χ3v) is 5.97. The second-order valence-corrected chi connectivity index (χ2v) is 8.65. The number of amides is 1. The largest absolute Gasteiger partial charge is 0.389 e. The predicted octanol–water partition coefficient (Wildman–Crippen LogP) is 4.11. The molecule has 1 unspecified atom stereocenters. The number of carbonyl (C=O) groups is 1. The molecule has 33 heavy (non-hydrogen) atoms. The summed E-state index contributed by atoms with van der Waals surface area (Å²) in [5.74, 6) is 1.30. The van der Waals surface area contributed by atoms with Crippen molar-refractivity contribution in [3.63, 3.8) is 0 Å². The second kappa shape index (κ2) is 10.4. The number of aromatic nitrogens is 2. The number of aliphatic hydroxyl groups is 1. The highest BCUT2D eigenvalue weighted by molar-refractivity contribution is 5.79. The average molecular weight is 446 g/mol. The molecule has 1 amide bonds. The smallest absolute Gasteiger partial charge is 0.229 e. The van der Waals surface area contributed by atoms with Crippen LogP contribution < -0.4 is 15.5 Å². The van der Waals surface area contributed by atoms with E-state index >= 15 is 0 Å². The van der Waals surface area contributed by atoms with Crippen molar-refractivity contribution < 1.29 is 9.90 Å². The third-order valence-electron chi connectivity index (χ3n) is 5.97. The molecule has 1 saturated heterocycles. The Kier molecular flexibility index (Phi) is 7.19. The fourth-order valence-electron chi connectivity index (χ4n) is 4.03. The van der Waals surface area contributed by atoms with Crippen LogP contribution in [0.15, 0.2) is 60.8 Å². The summed E-state index contributed by atoms with van der Waals surface area (Å²) in [4.78, 5) is 24.0. The highest BCUT2D eigenvalue weighted by Crippen LogP contribution is 2.24. The van der Waals surface area contributed by atoms with Gasteiger partial charge in [0, 0.05) is 31.5 Å². The average Bonchev–Trinajstić information content (AvgIpc) is 2.84. The first-order chi connectivity index (χ1) is 16.0. The summed E-state index contributed by atoms with van der Waals surface area (Å²) >= 11 is 0. The van der Waals surface area contributed by atoms with Gasteiger partial charge in [0.15, 0.2) is 0 Å². The van der Waals surface area contributed by atoms with E-state index in [0.717, 1.165) is 42.0 Å². The maximum Gasteiger partial charge on any atom is 0.229 e. The highest BCUT2D eigenvalue weighted by atomic mass is 16.3. The minimum atomic E-state index is -0.540. The van der Waals surface area contributed by atoms with Gasteiger partial charge < -0.3 is 20.6 Å². The van der Waals surface area contributed by atoms with Gasteiger partial charge >= 0.3 is 0 Å². The Labute approximate surface area is 194 Å². The molecule has 3 aromatic rings. The summed E-state index contributed by atoms with van der Waals surface area (Å²) in [7, 11) is 0. The maximum atomic E-state index is 12.8. The minimum absolute atomic E-state index is 0.0710. The fourth-order valence-corrected chi connectivity index (χ4v) is 4.03. The molecule has 2 atom stereocenters. The molecule has 4 rings (SSSR count). The lowest BCUT2D eigenvalue weighted by Crippen LogP contribution is -2.43. The van der Waals surface area contributed by atoms with Gasteiger partial charge in [0.1, 0.15) is 5.82 Å². The second-order valence-electron chi connectivity index (χ2n) is 8.65. The molecular formula is C26H31N5O2. The van der Waals surface area contributed by atoms with Crippen molar-refractivity contribution in [2.45, 2.75) is 39.3 Å². The van der Waals surface area contributed by atoms with Crippen LogP contribution in [-0.4, -0.2) is 34.1 Å². The molecule has 0 saturated carbocycles. The van der Waals surface area contributed by atoms with E-state index in [0.29, 0.717) is 19.0 Å². The number of aryl methyl sites for hydroxylation is 1. The summed E-state index contributed by atoms with van der Waals surface area (Å²) < 4.78 is 0. The Morgan fingerprint density at radius 2 is 2.03 bits per heavy atom. The van der Waals surface area contributed by atoms with Crippen molar-refractivity contribution in [3.8, 4) is 0 Å². The molecule has 1 aromatic heterocycles. The van der Waals surface area contributed by atoms with E-state index in [2.05, 4.69) is 56.7 Å². The van der Waals surface area contributed by atoms with Gasteiger partial charge in [-0.15, -0.1) is 0 Å². The van der Waals surface area contributed by atoms with Crippen molar-refractivity contribution in [1.82, 2.24) is 15.3 Å². The first kappa shape index (κ1) is 22.7. The zero-order valence-electron chi connectivity index (χ0n) is 19.2. The number of hydrogen-bond donors (Lipinski definition) is 3. The van der Waals surface area contributed by atoms with Crippen LogP contribution in [-0.2, 0) is 11.3 Å². The molecule has 0 aliphatic carbocycles. The summed E-state index contributed by atoms with van der Waals surface area (Å²) in [6.07, 6.45) is 3.00. The monoisotopic (exact) mass is 445 g/mol. The van der Waals surface area contributed by atoms with Gasteiger partial charge in [-0.2, -0.15) is 4.98 Å². The molecule has 2 aromatic carbocycles. The third kappa shape index (κ3) is 6.08. The first-order valence-electron chi connectivity index (χ1n) is 11.4. The molecule has 0 spiro atoms. The Bertz CT molecular complexity index is 1080. The molecule has 0 radical (unpaired) electrons. The first-order valence-corrected chi connectivity index (χ1v) is 11.4. The van der Waals surface area contributed by atoms with Crippen molar-refractivity contribution in [3.05, 3.63) is 77.5 Å². The minimum Gasteiger partial charge on any atom is -0.389 e. The topological polar surface area (TPSA) is 90.4 Å². The number of carbonyl (C=O) groups excluding carboxylic acids is 1. The number of aliphatic hydroxyl groups excluding tert-OH is 1. The molecule has 7 heteroatoms. The number of nitrogens with one attached hydrogen (secondary N) is 2. The van der Waals surface area contributed by atoms with Crippen molar-refractivity contribution in [1.29, 1.82) is 0 Å². The summed E-state index contributed by atoms with van der Waals surface area (Å²) in [5, 5.41) is 16.1. The van der Waals surface area contributed by atoms with Gasteiger partial charge in [-0.05, 0) is 56.0 Å². The zero-order valence-corrected chi connectivity index (χ0v) is 19.2. The lowest BCUT2D eigenvalue weighted by Gasteiger charge is -2.33. The van der Waals surface area contributed by atoms with Gasteiger partial charge in [-0.3, -0.25) is 4.79 Å². The van der Waals surface area contributed by atoms with E-state index in [4.69, 9.17) is 0 Å². The van der Waals surface area contributed by atoms with Gasteiger partial charge in [-0.1, -0.05) is 42.0 Å².